The predicted octanol–water partition coefficient (Wildman–Crippen LogP) is 1.36. The van der Waals surface area contributed by atoms with Crippen molar-refractivity contribution in [1.82, 2.24) is 4.90 Å². The van der Waals surface area contributed by atoms with Crippen LogP contribution in [0.3, 0.4) is 0 Å². The van der Waals surface area contributed by atoms with Crippen LogP contribution in [0.2, 0.25) is 0 Å². The van der Waals surface area contributed by atoms with Gasteiger partial charge >= 0.3 is 0 Å². The molecule has 1 rings (SSSR count). The van der Waals surface area contributed by atoms with Gasteiger partial charge in [-0.1, -0.05) is 6.07 Å². The van der Waals surface area contributed by atoms with Crippen LogP contribution >= 0.6 is 0 Å². The number of nitrogens with one attached hydrogen (secondary N) is 1. The number of carbonyl (C=O) groups excluding carboxylic acids is 1. The molecule has 0 saturated carbocycles. The Kier molecular flexibility index (Phi) is 5.29. The number of nitrogen functional groups attached to an aromatic ring is 1. The second kappa shape index (κ2) is 6.72. The van der Waals surface area contributed by atoms with Crippen molar-refractivity contribution in [2.45, 2.75) is 13.8 Å². The maximum absolute atomic E-state index is 13.5. The van der Waals surface area contributed by atoms with Gasteiger partial charge in [0.25, 0.3) is 5.91 Å². The Morgan fingerprint density at radius 3 is 2.58 bits per heavy atom. The minimum Gasteiger partial charge on any atom is -0.483 e. The Labute approximate surface area is 111 Å². The fourth-order valence-corrected chi connectivity index (χ4v) is 1.69. The minimum atomic E-state index is -0.639. The summed E-state index contributed by atoms with van der Waals surface area (Å²) in [5.74, 6) is -1.15. The molecule has 0 bridgehead atoms. The number of nitrogens with zero attached hydrogens (tertiary/aromatic N) is 1. The fourth-order valence-electron chi connectivity index (χ4n) is 1.69. The molecule has 1 amide bonds. The summed E-state index contributed by atoms with van der Waals surface area (Å²) >= 11 is 0. The first-order valence-corrected chi connectivity index (χ1v) is 6.04. The lowest BCUT2D eigenvalue weighted by Crippen LogP contribution is -2.34. The van der Waals surface area contributed by atoms with Crippen LogP contribution in [-0.2, 0) is 4.79 Å². The van der Waals surface area contributed by atoms with Gasteiger partial charge in [0.1, 0.15) is 17.4 Å². The lowest BCUT2D eigenvalue weighted by Gasteiger charge is -2.19. The number of hydrogen-bond donors (Lipinski definition) is 2. The van der Waals surface area contributed by atoms with Gasteiger partial charge in [0.15, 0.2) is 6.61 Å². The number of likely N-dealkylation sites (N-methyl/N-ethyl adjacent to an activating group) is 1. The van der Waals surface area contributed by atoms with Gasteiger partial charge in [-0.3, -0.25) is 10.2 Å². The first kappa shape index (κ1) is 14.9. The largest absolute Gasteiger partial charge is 0.483 e. The van der Waals surface area contributed by atoms with E-state index in [-0.39, 0.29) is 23.8 Å². The number of halogens is 1. The molecule has 1 aromatic carbocycles. The molecule has 0 saturated heterocycles. The lowest BCUT2D eigenvalue weighted by molar-refractivity contribution is -0.132. The predicted molar refractivity (Wildman–Crippen MR) is 70.8 cm³/mol. The Bertz CT molecular complexity index is 473. The van der Waals surface area contributed by atoms with Crippen LogP contribution in [0.5, 0.6) is 5.75 Å². The molecule has 5 nitrogen and oxygen atoms in total. The van der Waals surface area contributed by atoms with E-state index >= 15 is 0 Å². The van der Waals surface area contributed by atoms with E-state index in [9.17, 15) is 9.18 Å². The van der Waals surface area contributed by atoms with Gasteiger partial charge in [0.2, 0.25) is 0 Å². The second-order valence-corrected chi connectivity index (χ2v) is 3.88. The summed E-state index contributed by atoms with van der Waals surface area (Å²) in [6.07, 6.45) is 0. The number of nitrogens with two attached hydrogens (primary N) is 1. The van der Waals surface area contributed by atoms with Crippen LogP contribution in [0.1, 0.15) is 19.4 Å². The van der Waals surface area contributed by atoms with Gasteiger partial charge in [-0.05, 0) is 26.0 Å². The molecule has 19 heavy (non-hydrogen) atoms. The molecule has 0 unspecified atom stereocenters. The first-order chi connectivity index (χ1) is 9.01. The SMILES string of the molecule is CCN(CC)C(=O)COc1cccc(F)c1C(=N)N. The Hall–Kier alpha value is -2.11. The molecular weight excluding hydrogens is 249 g/mol. The molecule has 0 atom stereocenters. The number of amidine groups is 1. The molecule has 0 radical (unpaired) electrons. The summed E-state index contributed by atoms with van der Waals surface area (Å²) in [5.41, 5.74) is 5.19. The summed E-state index contributed by atoms with van der Waals surface area (Å²) in [6, 6.07) is 4.12. The van der Waals surface area contributed by atoms with Crippen LogP contribution in [0.15, 0.2) is 18.2 Å². The van der Waals surface area contributed by atoms with E-state index in [0.717, 1.165) is 0 Å². The van der Waals surface area contributed by atoms with Gasteiger partial charge in [0, 0.05) is 13.1 Å². The van der Waals surface area contributed by atoms with Crippen LogP contribution in [0.4, 0.5) is 4.39 Å². The summed E-state index contributed by atoms with van der Waals surface area (Å²) in [6.45, 7) is 4.70. The van der Waals surface area contributed by atoms with E-state index in [2.05, 4.69) is 0 Å². The summed E-state index contributed by atoms with van der Waals surface area (Å²) < 4.78 is 18.8. The minimum absolute atomic E-state index is 0.105. The van der Waals surface area contributed by atoms with E-state index in [0.29, 0.717) is 13.1 Å². The molecule has 3 N–H and O–H groups in total. The number of rotatable bonds is 6. The van der Waals surface area contributed by atoms with Crippen LogP contribution < -0.4 is 10.5 Å². The molecule has 1 aromatic rings. The number of benzene rings is 1. The van der Waals surface area contributed by atoms with Crippen molar-refractivity contribution in [2.24, 2.45) is 5.73 Å². The summed E-state index contributed by atoms with van der Waals surface area (Å²) in [5, 5.41) is 7.32. The van der Waals surface area contributed by atoms with Crippen LogP contribution in [-0.4, -0.2) is 36.3 Å². The average Bonchev–Trinajstić information content (AvgIpc) is 2.37. The van der Waals surface area contributed by atoms with Crippen molar-refractivity contribution in [3.8, 4) is 5.75 Å². The molecule has 0 fully saturated rings. The average molecular weight is 267 g/mol. The molecular formula is C13H18FN3O2. The zero-order valence-corrected chi connectivity index (χ0v) is 11.1. The zero-order valence-electron chi connectivity index (χ0n) is 11.1. The monoisotopic (exact) mass is 267 g/mol. The topological polar surface area (TPSA) is 79.4 Å². The molecule has 0 heterocycles. The molecule has 0 aromatic heterocycles. The van der Waals surface area contributed by atoms with Crippen molar-refractivity contribution in [3.63, 3.8) is 0 Å². The van der Waals surface area contributed by atoms with Gasteiger partial charge in [-0.2, -0.15) is 0 Å². The van der Waals surface area contributed by atoms with Crippen molar-refractivity contribution in [1.29, 1.82) is 5.41 Å². The fraction of sp³-hybridized carbons (Fsp3) is 0.385. The van der Waals surface area contributed by atoms with Crippen LogP contribution in [0, 0.1) is 11.2 Å². The first-order valence-electron chi connectivity index (χ1n) is 6.04. The molecule has 0 aliphatic rings. The Balaban J connectivity index is 2.81. The summed E-state index contributed by atoms with van der Waals surface area (Å²) in [7, 11) is 0. The number of ether oxygens (including phenoxy) is 1. The molecule has 0 spiro atoms. The van der Waals surface area contributed by atoms with Crippen molar-refractivity contribution in [2.75, 3.05) is 19.7 Å². The van der Waals surface area contributed by atoms with Crippen molar-refractivity contribution in [3.05, 3.63) is 29.6 Å². The third kappa shape index (κ3) is 3.67. The quantitative estimate of drug-likeness (QED) is 0.603. The number of amides is 1. The third-order valence-corrected chi connectivity index (χ3v) is 2.71. The van der Waals surface area contributed by atoms with E-state index in [1.54, 1.807) is 4.90 Å². The highest BCUT2D eigenvalue weighted by Crippen LogP contribution is 2.20. The maximum Gasteiger partial charge on any atom is 0.260 e. The van der Waals surface area contributed by atoms with Gasteiger partial charge in [-0.25, -0.2) is 4.39 Å². The van der Waals surface area contributed by atoms with Gasteiger partial charge < -0.3 is 15.4 Å². The highest BCUT2D eigenvalue weighted by atomic mass is 19.1. The normalized spacial score (nSPS) is 10.1. The second-order valence-electron chi connectivity index (χ2n) is 3.88. The maximum atomic E-state index is 13.5. The van der Waals surface area contributed by atoms with Gasteiger partial charge in [-0.15, -0.1) is 0 Å². The summed E-state index contributed by atoms with van der Waals surface area (Å²) in [4.78, 5) is 13.4. The molecule has 104 valence electrons. The highest BCUT2D eigenvalue weighted by Gasteiger charge is 2.15. The van der Waals surface area contributed by atoms with Crippen molar-refractivity contribution < 1.29 is 13.9 Å². The Morgan fingerprint density at radius 1 is 1.42 bits per heavy atom. The smallest absolute Gasteiger partial charge is 0.260 e. The van der Waals surface area contributed by atoms with Gasteiger partial charge in [0.05, 0.1) is 5.56 Å². The number of carbonyl (C=O) groups is 1. The molecule has 6 heteroatoms. The lowest BCUT2D eigenvalue weighted by atomic mass is 10.1. The third-order valence-electron chi connectivity index (χ3n) is 2.71. The molecule has 0 aliphatic heterocycles. The Morgan fingerprint density at radius 2 is 2.05 bits per heavy atom. The van der Waals surface area contributed by atoms with E-state index < -0.39 is 11.7 Å². The zero-order chi connectivity index (χ0) is 14.4. The van der Waals surface area contributed by atoms with E-state index in [4.69, 9.17) is 15.9 Å². The van der Waals surface area contributed by atoms with Crippen molar-refractivity contribution >= 4 is 11.7 Å². The molecule has 0 aliphatic carbocycles. The van der Waals surface area contributed by atoms with E-state index in [1.165, 1.54) is 18.2 Å². The van der Waals surface area contributed by atoms with E-state index in [1.807, 2.05) is 13.8 Å². The van der Waals surface area contributed by atoms with Crippen LogP contribution in [0.25, 0.3) is 0 Å². The standard InChI is InChI=1S/C13H18FN3O2/c1-3-17(4-2)11(18)8-19-10-7-5-6-9(14)12(10)13(15)16/h5-7H,3-4,8H2,1-2H3,(H3,15,16). The highest BCUT2D eigenvalue weighted by molar-refractivity contribution is 5.98. The number of hydrogen-bond acceptors (Lipinski definition) is 3.